The fraction of sp³-hybridized carbons (Fsp3) is 0.333. The Morgan fingerprint density at radius 3 is 2.90 bits per heavy atom. The maximum absolute atomic E-state index is 11.6. The van der Waals surface area contributed by atoms with Gasteiger partial charge in [0.2, 0.25) is 0 Å². The Morgan fingerprint density at radius 1 is 1.35 bits per heavy atom. The highest BCUT2D eigenvalue weighted by Gasteiger charge is 2.01. The molecule has 1 aromatic heterocycles. The van der Waals surface area contributed by atoms with Crippen molar-refractivity contribution >= 4 is 0 Å². The maximum Gasteiger partial charge on any atom is 0.266 e. The van der Waals surface area contributed by atoms with Gasteiger partial charge in [0, 0.05) is 31.1 Å². The van der Waals surface area contributed by atoms with Crippen LogP contribution in [-0.4, -0.2) is 16.4 Å². The molecule has 0 aliphatic heterocycles. The van der Waals surface area contributed by atoms with Crippen LogP contribution in [-0.2, 0) is 13.1 Å². The lowest BCUT2D eigenvalue weighted by Crippen LogP contribution is -2.23. The van der Waals surface area contributed by atoms with Crippen LogP contribution in [0, 0.1) is 6.92 Å². The van der Waals surface area contributed by atoms with Gasteiger partial charge in [-0.15, -0.1) is 0 Å². The van der Waals surface area contributed by atoms with Gasteiger partial charge < -0.3 is 10.5 Å². The van der Waals surface area contributed by atoms with Crippen LogP contribution in [0.3, 0.4) is 0 Å². The number of hydrogen-bond donors (Lipinski definition) is 1. The Labute approximate surface area is 118 Å². The summed E-state index contributed by atoms with van der Waals surface area (Å²) in [6, 6.07) is 9.28. The van der Waals surface area contributed by atoms with Crippen molar-refractivity contribution in [2.75, 3.05) is 6.61 Å². The lowest BCUT2D eigenvalue weighted by molar-refractivity contribution is 0.294. The van der Waals surface area contributed by atoms with Gasteiger partial charge in [-0.2, -0.15) is 5.10 Å². The van der Waals surface area contributed by atoms with Crippen molar-refractivity contribution in [2.45, 2.75) is 26.4 Å². The fourth-order valence-electron chi connectivity index (χ4n) is 1.90. The number of aromatic nitrogens is 2. The number of aryl methyl sites for hydroxylation is 2. The highest BCUT2D eigenvalue weighted by Crippen LogP contribution is 2.17. The molecule has 106 valence electrons. The summed E-state index contributed by atoms with van der Waals surface area (Å²) in [4.78, 5) is 11.6. The summed E-state index contributed by atoms with van der Waals surface area (Å²) >= 11 is 0. The average molecular weight is 273 g/mol. The molecule has 0 aliphatic rings. The summed E-state index contributed by atoms with van der Waals surface area (Å²) < 4.78 is 7.14. The summed E-state index contributed by atoms with van der Waals surface area (Å²) in [7, 11) is 0. The molecule has 1 aromatic carbocycles. The van der Waals surface area contributed by atoms with Crippen LogP contribution in [0.15, 0.2) is 41.3 Å². The molecule has 0 fully saturated rings. The monoisotopic (exact) mass is 273 g/mol. The summed E-state index contributed by atoms with van der Waals surface area (Å²) in [6.45, 7) is 3.38. The molecule has 0 unspecified atom stereocenters. The molecule has 0 radical (unpaired) electrons. The van der Waals surface area contributed by atoms with E-state index in [4.69, 9.17) is 10.5 Å². The first-order chi connectivity index (χ1) is 9.70. The lowest BCUT2D eigenvalue weighted by atomic mass is 10.2. The minimum absolute atomic E-state index is 0.0765. The zero-order valence-electron chi connectivity index (χ0n) is 11.6. The Bertz CT molecular complexity index is 623. The van der Waals surface area contributed by atoms with Gasteiger partial charge in [0.05, 0.1) is 12.8 Å². The molecule has 5 heteroatoms. The zero-order valence-corrected chi connectivity index (χ0v) is 11.6. The molecule has 0 amide bonds. The van der Waals surface area contributed by atoms with E-state index in [1.54, 1.807) is 12.3 Å². The van der Waals surface area contributed by atoms with Gasteiger partial charge in [-0.05, 0) is 18.6 Å². The highest BCUT2D eigenvalue weighted by atomic mass is 16.5. The molecule has 1 heterocycles. The molecule has 0 saturated heterocycles. The van der Waals surface area contributed by atoms with E-state index in [1.165, 1.54) is 4.68 Å². The minimum atomic E-state index is -0.0765. The van der Waals surface area contributed by atoms with Gasteiger partial charge in [-0.1, -0.05) is 18.2 Å². The van der Waals surface area contributed by atoms with Gasteiger partial charge in [-0.25, -0.2) is 4.68 Å². The largest absolute Gasteiger partial charge is 0.493 e. The third-order valence-corrected chi connectivity index (χ3v) is 2.97. The Morgan fingerprint density at radius 2 is 2.15 bits per heavy atom. The molecular weight excluding hydrogens is 254 g/mol. The van der Waals surface area contributed by atoms with Gasteiger partial charge in [0.15, 0.2) is 0 Å². The van der Waals surface area contributed by atoms with E-state index in [-0.39, 0.29) is 5.56 Å². The highest BCUT2D eigenvalue weighted by molar-refractivity contribution is 5.32. The first kappa shape index (κ1) is 14.3. The third-order valence-electron chi connectivity index (χ3n) is 2.97. The molecule has 5 nitrogen and oxygen atoms in total. The minimum Gasteiger partial charge on any atom is -0.493 e. The molecule has 20 heavy (non-hydrogen) atoms. The number of benzene rings is 1. The van der Waals surface area contributed by atoms with Gasteiger partial charge in [0.1, 0.15) is 5.75 Å². The second kappa shape index (κ2) is 6.86. The van der Waals surface area contributed by atoms with Crippen molar-refractivity contribution in [1.82, 2.24) is 9.78 Å². The molecule has 2 N–H and O–H groups in total. The van der Waals surface area contributed by atoms with Crippen molar-refractivity contribution in [2.24, 2.45) is 5.73 Å². The second-order valence-corrected chi connectivity index (χ2v) is 4.61. The standard InChI is InChI=1S/C15H19N3O2/c1-12-9-15(19)18(17-11-12)7-4-8-20-14-6-3-2-5-13(14)10-16/h2-3,5-6,9,11H,4,7-8,10,16H2,1H3. The predicted octanol–water partition coefficient (Wildman–Crippen LogP) is 1.48. The van der Waals surface area contributed by atoms with Crippen LogP contribution in [0.1, 0.15) is 17.5 Å². The van der Waals surface area contributed by atoms with Crippen LogP contribution in [0.2, 0.25) is 0 Å². The van der Waals surface area contributed by atoms with E-state index >= 15 is 0 Å². The molecule has 0 saturated carbocycles. The smallest absolute Gasteiger partial charge is 0.266 e. The Kier molecular flexibility index (Phi) is 4.90. The average Bonchev–Trinajstić information content (AvgIpc) is 2.46. The SMILES string of the molecule is Cc1cnn(CCCOc2ccccc2CN)c(=O)c1. The molecule has 0 spiro atoms. The molecular formula is C15H19N3O2. The molecule has 2 rings (SSSR count). The first-order valence-electron chi connectivity index (χ1n) is 6.65. The van der Waals surface area contributed by atoms with Crippen LogP contribution < -0.4 is 16.0 Å². The normalized spacial score (nSPS) is 10.5. The van der Waals surface area contributed by atoms with Crippen LogP contribution >= 0.6 is 0 Å². The lowest BCUT2D eigenvalue weighted by Gasteiger charge is -2.10. The Balaban J connectivity index is 1.86. The third kappa shape index (κ3) is 3.68. The maximum atomic E-state index is 11.6. The van der Waals surface area contributed by atoms with Crippen LogP contribution in [0.25, 0.3) is 0 Å². The molecule has 0 aliphatic carbocycles. The zero-order chi connectivity index (χ0) is 14.4. The van der Waals surface area contributed by atoms with Crippen LogP contribution in [0.4, 0.5) is 0 Å². The number of nitrogens with two attached hydrogens (primary N) is 1. The number of ether oxygens (including phenoxy) is 1. The van der Waals surface area contributed by atoms with Crippen molar-refractivity contribution in [3.8, 4) is 5.75 Å². The topological polar surface area (TPSA) is 70.1 Å². The Hall–Kier alpha value is -2.14. The van der Waals surface area contributed by atoms with Crippen molar-refractivity contribution in [3.63, 3.8) is 0 Å². The number of hydrogen-bond acceptors (Lipinski definition) is 4. The summed E-state index contributed by atoms with van der Waals surface area (Å²) in [6.07, 6.45) is 2.40. The van der Waals surface area contributed by atoms with Gasteiger partial charge >= 0.3 is 0 Å². The quantitative estimate of drug-likeness (QED) is 0.809. The van der Waals surface area contributed by atoms with E-state index in [2.05, 4.69) is 5.10 Å². The molecule has 0 bridgehead atoms. The number of rotatable bonds is 6. The number of para-hydroxylation sites is 1. The number of nitrogens with zero attached hydrogens (tertiary/aromatic N) is 2. The van der Waals surface area contributed by atoms with Crippen molar-refractivity contribution < 1.29 is 4.74 Å². The summed E-state index contributed by atoms with van der Waals surface area (Å²) in [5, 5.41) is 4.08. The molecule has 0 atom stereocenters. The fourth-order valence-corrected chi connectivity index (χ4v) is 1.90. The van der Waals surface area contributed by atoms with E-state index in [1.807, 2.05) is 31.2 Å². The van der Waals surface area contributed by atoms with E-state index < -0.39 is 0 Å². The predicted molar refractivity (Wildman–Crippen MR) is 77.7 cm³/mol. The van der Waals surface area contributed by atoms with E-state index in [0.29, 0.717) is 19.7 Å². The van der Waals surface area contributed by atoms with Crippen LogP contribution in [0.5, 0.6) is 5.75 Å². The van der Waals surface area contributed by atoms with Crippen molar-refractivity contribution in [3.05, 3.63) is 58.0 Å². The summed E-state index contributed by atoms with van der Waals surface area (Å²) in [5.74, 6) is 0.805. The second-order valence-electron chi connectivity index (χ2n) is 4.61. The van der Waals surface area contributed by atoms with E-state index in [9.17, 15) is 4.79 Å². The first-order valence-corrected chi connectivity index (χ1v) is 6.65. The van der Waals surface area contributed by atoms with Crippen molar-refractivity contribution in [1.29, 1.82) is 0 Å². The molecule has 2 aromatic rings. The van der Waals surface area contributed by atoms with Gasteiger partial charge in [0.25, 0.3) is 5.56 Å². The van der Waals surface area contributed by atoms with E-state index in [0.717, 1.165) is 23.3 Å². The summed E-state index contributed by atoms with van der Waals surface area (Å²) in [5.41, 5.74) is 7.43. The van der Waals surface area contributed by atoms with Gasteiger partial charge in [-0.3, -0.25) is 4.79 Å².